The van der Waals surface area contributed by atoms with Crippen molar-refractivity contribution in [3.8, 4) is 6.07 Å². The number of hydrogen-bond donors (Lipinski definition) is 1. The van der Waals surface area contributed by atoms with Gasteiger partial charge in [-0.15, -0.1) is 0 Å². The van der Waals surface area contributed by atoms with Gasteiger partial charge < -0.3 is 5.32 Å². The van der Waals surface area contributed by atoms with Gasteiger partial charge in [0.25, 0.3) is 0 Å². The molecule has 2 aromatic rings. The Labute approximate surface area is 118 Å². The molecule has 0 aliphatic rings. The van der Waals surface area contributed by atoms with Gasteiger partial charge in [-0.05, 0) is 5.56 Å². The van der Waals surface area contributed by atoms with Gasteiger partial charge in [-0.1, -0.05) is 30.3 Å². The fourth-order valence-electron chi connectivity index (χ4n) is 1.75. The number of rotatable bonds is 3. The van der Waals surface area contributed by atoms with Crippen LogP contribution >= 0.6 is 0 Å². The van der Waals surface area contributed by atoms with E-state index in [0.29, 0.717) is 17.7 Å². The van der Waals surface area contributed by atoms with Crippen molar-refractivity contribution in [1.82, 2.24) is 0 Å². The molecule has 106 valence electrons. The van der Waals surface area contributed by atoms with E-state index < -0.39 is 35.0 Å². The van der Waals surface area contributed by atoms with Gasteiger partial charge in [0.2, 0.25) is 5.91 Å². The van der Waals surface area contributed by atoms with Crippen LogP contribution in [0.2, 0.25) is 0 Å². The van der Waals surface area contributed by atoms with E-state index in [0.717, 1.165) is 0 Å². The summed E-state index contributed by atoms with van der Waals surface area (Å²) in [5.74, 6) is -5.77. The Morgan fingerprint density at radius 2 is 1.67 bits per heavy atom. The maximum atomic E-state index is 13.5. The number of hydrogen-bond acceptors (Lipinski definition) is 2. The van der Waals surface area contributed by atoms with Gasteiger partial charge in [0.1, 0.15) is 5.82 Å². The molecule has 0 spiro atoms. The summed E-state index contributed by atoms with van der Waals surface area (Å²) < 4.78 is 39.3. The van der Waals surface area contributed by atoms with Gasteiger partial charge in [-0.25, -0.2) is 13.2 Å². The van der Waals surface area contributed by atoms with E-state index >= 15 is 0 Å². The van der Waals surface area contributed by atoms with Gasteiger partial charge in [-0.2, -0.15) is 5.26 Å². The Kier molecular flexibility index (Phi) is 4.24. The van der Waals surface area contributed by atoms with E-state index in [-0.39, 0.29) is 0 Å². The van der Waals surface area contributed by atoms with Crippen molar-refractivity contribution >= 4 is 11.6 Å². The van der Waals surface area contributed by atoms with Crippen LogP contribution in [-0.4, -0.2) is 5.91 Å². The largest absolute Gasteiger partial charge is 0.322 e. The van der Waals surface area contributed by atoms with Crippen LogP contribution in [-0.2, 0) is 4.79 Å². The molecule has 0 aliphatic heterocycles. The summed E-state index contributed by atoms with van der Waals surface area (Å²) in [6.07, 6.45) is 0. The Bertz CT molecular complexity index is 711. The lowest BCUT2D eigenvalue weighted by atomic mass is 10.00. The number of nitrogens with one attached hydrogen (secondary N) is 1. The highest BCUT2D eigenvalue weighted by atomic mass is 19.2. The molecule has 1 unspecified atom stereocenters. The average Bonchev–Trinajstić information content (AvgIpc) is 2.46. The van der Waals surface area contributed by atoms with Crippen molar-refractivity contribution in [3.63, 3.8) is 0 Å². The van der Waals surface area contributed by atoms with Gasteiger partial charge in [0.05, 0.1) is 11.8 Å². The molecular formula is C15H9F3N2O. The molecule has 1 N–H and O–H groups in total. The van der Waals surface area contributed by atoms with Crippen molar-refractivity contribution in [2.75, 3.05) is 5.32 Å². The van der Waals surface area contributed by atoms with Crippen molar-refractivity contribution in [1.29, 1.82) is 5.26 Å². The molecule has 0 heterocycles. The fraction of sp³-hybridized carbons (Fsp3) is 0.0667. The minimum Gasteiger partial charge on any atom is -0.322 e. The number of carbonyl (C=O) groups is 1. The number of carbonyl (C=O) groups excluding carboxylic acids is 1. The monoisotopic (exact) mass is 290 g/mol. The molecule has 6 heteroatoms. The van der Waals surface area contributed by atoms with E-state index in [9.17, 15) is 18.0 Å². The van der Waals surface area contributed by atoms with Crippen LogP contribution in [0.3, 0.4) is 0 Å². The normalized spacial score (nSPS) is 11.5. The summed E-state index contributed by atoms with van der Waals surface area (Å²) in [5, 5.41) is 11.1. The molecule has 0 fully saturated rings. The third-order valence-electron chi connectivity index (χ3n) is 2.79. The smallest absolute Gasteiger partial charge is 0.246 e. The number of anilines is 1. The highest BCUT2D eigenvalue weighted by Gasteiger charge is 2.21. The van der Waals surface area contributed by atoms with Crippen molar-refractivity contribution in [2.24, 2.45) is 0 Å². The van der Waals surface area contributed by atoms with Crippen molar-refractivity contribution < 1.29 is 18.0 Å². The van der Waals surface area contributed by atoms with E-state index in [2.05, 4.69) is 5.32 Å². The van der Waals surface area contributed by atoms with E-state index in [4.69, 9.17) is 5.26 Å². The summed E-state index contributed by atoms with van der Waals surface area (Å²) in [4.78, 5) is 12.0. The minimum absolute atomic E-state index is 0.328. The van der Waals surface area contributed by atoms with Crippen LogP contribution in [0.4, 0.5) is 18.9 Å². The molecule has 0 aromatic heterocycles. The topological polar surface area (TPSA) is 52.9 Å². The Hall–Kier alpha value is -2.81. The highest BCUT2D eigenvalue weighted by molar-refractivity contribution is 5.97. The third-order valence-corrected chi connectivity index (χ3v) is 2.79. The lowest BCUT2D eigenvalue weighted by Gasteiger charge is -2.11. The van der Waals surface area contributed by atoms with Crippen LogP contribution in [0.5, 0.6) is 0 Å². The highest BCUT2D eigenvalue weighted by Crippen LogP contribution is 2.21. The average molecular weight is 290 g/mol. The van der Waals surface area contributed by atoms with Gasteiger partial charge in [0.15, 0.2) is 17.6 Å². The standard InChI is InChI=1S/C15H9F3N2O/c16-11-6-13(18)14(7-12(11)17)20-15(21)10(8-19)9-4-2-1-3-5-9/h1-7,10H,(H,20,21). The summed E-state index contributed by atoms with van der Waals surface area (Å²) in [7, 11) is 0. The molecule has 0 aliphatic carbocycles. The zero-order valence-electron chi connectivity index (χ0n) is 10.6. The first-order chi connectivity index (χ1) is 10.0. The number of benzene rings is 2. The number of amides is 1. The molecule has 21 heavy (non-hydrogen) atoms. The van der Waals surface area contributed by atoms with Crippen LogP contribution in [0.25, 0.3) is 0 Å². The van der Waals surface area contributed by atoms with Gasteiger partial charge in [0, 0.05) is 12.1 Å². The number of halogens is 3. The molecule has 0 saturated carbocycles. The molecule has 0 saturated heterocycles. The summed E-state index contributed by atoms with van der Waals surface area (Å²) in [5.41, 5.74) is -0.101. The lowest BCUT2D eigenvalue weighted by molar-refractivity contribution is -0.116. The Balaban J connectivity index is 2.25. The zero-order valence-corrected chi connectivity index (χ0v) is 10.6. The predicted octanol–water partition coefficient (Wildman–Crippen LogP) is 3.35. The first-order valence-corrected chi connectivity index (χ1v) is 5.93. The predicted molar refractivity (Wildman–Crippen MR) is 69.7 cm³/mol. The number of nitrogens with zero attached hydrogens (tertiary/aromatic N) is 1. The fourth-order valence-corrected chi connectivity index (χ4v) is 1.75. The van der Waals surface area contributed by atoms with Crippen molar-refractivity contribution in [2.45, 2.75) is 5.92 Å². The lowest BCUT2D eigenvalue weighted by Crippen LogP contribution is -2.20. The quantitative estimate of drug-likeness (QED) is 0.881. The second-order valence-corrected chi connectivity index (χ2v) is 4.21. The van der Waals surface area contributed by atoms with Crippen LogP contribution < -0.4 is 5.32 Å². The summed E-state index contributed by atoms with van der Waals surface area (Å²) in [6.45, 7) is 0. The molecule has 3 nitrogen and oxygen atoms in total. The van der Waals surface area contributed by atoms with E-state index in [1.807, 2.05) is 0 Å². The molecule has 2 aromatic carbocycles. The SMILES string of the molecule is N#CC(C(=O)Nc1cc(F)c(F)cc1F)c1ccccc1. The molecule has 2 rings (SSSR count). The molecule has 0 bridgehead atoms. The van der Waals surface area contributed by atoms with Crippen molar-refractivity contribution in [3.05, 3.63) is 65.5 Å². The van der Waals surface area contributed by atoms with Gasteiger partial charge in [-0.3, -0.25) is 4.79 Å². The third kappa shape index (κ3) is 3.20. The number of nitriles is 1. The maximum Gasteiger partial charge on any atom is 0.246 e. The van der Waals surface area contributed by atoms with Crippen LogP contribution in [0.15, 0.2) is 42.5 Å². The zero-order chi connectivity index (χ0) is 15.4. The first kappa shape index (κ1) is 14.6. The summed E-state index contributed by atoms with van der Waals surface area (Å²) in [6, 6.07) is 10.8. The van der Waals surface area contributed by atoms with Crippen LogP contribution in [0, 0.1) is 28.8 Å². The second kappa shape index (κ2) is 6.09. The summed E-state index contributed by atoms with van der Waals surface area (Å²) >= 11 is 0. The van der Waals surface area contributed by atoms with E-state index in [1.54, 1.807) is 36.4 Å². The van der Waals surface area contributed by atoms with Gasteiger partial charge >= 0.3 is 0 Å². The minimum atomic E-state index is -1.36. The maximum absolute atomic E-state index is 13.5. The van der Waals surface area contributed by atoms with Crippen LogP contribution in [0.1, 0.15) is 11.5 Å². The van der Waals surface area contributed by atoms with E-state index in [1.165, 1.54) is 0 Å². The molecule has 0 radical (unpaired) electrons. The molecular weight excluding hydrogens is 281 g/mol. The molecule has 1 atom stereocenters. The first-order valence-electron chi connectivity index (χ1n) is 5.93. The Morgan fingerprint density at radius 1 is 1.05 bits per heavy atom. The second-order valence-electron chi connectivity index (χ2n) is 4.21. The Morgan fingerprint density at radius 3 is 2.29 bits per heavy atom. The molecule has 1 amide bonds.